The highest BCUT2D eigenvalue weighted by Gasteiger charge is 2.45. The molecule has 0 unspecified atom stereocenters. The highest BCUT2D eigenvalue weighted by atomic mass is 35.5. The molecule has 0 aliphatic carbocycles. The van der Waals surface area contributed by atoms with E-state index in [-0.39, 0.29) is 47.6 Å². The van der Waals surface area contributed by atoms with Gasteiger partial charge in [0.25, 0.3) is 5.91 Å². The summed E-state index contributed by atoms with van der Waals surface area (Å²) in [5, 5.41) is 5.85. The lowest BCUT2D eigenvalue weighted by Gasteiger charge is -2.38. The van der Waals surface area contributed by atoms with Crippen molar-refractivity contribution in [2.24, 2.45) is 4.99 Å². The average Bonchev–Trinajstić information content (AvgIpc) is 3.94. The average molecular weight is 806 g/mol. The van der Waals surface area contributed by atoms with E-state index in [1.807, 2.05) is 10.3 Å². The van der Waals surface area contributed by atoms with Gasteiger partial charge in [-0.3, -0.25) is 24.5 Å². The fourth-order valence-electron chi connectivity index (χ4n) is 7.47. The molecule has 12 nitrogen and oxygen atoms in total. The third-order valence-electron chi connectivity index (χ3n) is 10.2. The number of amides is 3. The van der Waals surface area contributed by atoms with E-state index >= 15 is 0 Å². The third-order valence-corrected chi connectivity index (χ3v) is 11.3. The summed E-state index contributed by atoms with van der Waals surface area (Å²) < 4.78 is 53.4. The molecule has 17 heteroatoms. The van der Waals surface area contributed by atoms with Gasteiger partial charge in [-0.1, -0.05) is 17.7 Å². The van der Waals surface area contributed by atoms with E-state index in [1.54, 1.807) is 47.5 Å². The van der Waals surface area contributed by atoms with E-state index in [2.05, 4.69) is 15.2 Å². The number of alkyl halides is 2. The fraction of sp³-hybridized carbons (Fsp3) is 0.308. The number of fused-ring (bicyclic) bond motifs is 1. The molecule has 3 aromatic carbocycles. The summed E-state index contributed by atoms with van der Waals surface area (Å²) >= 11 is 7.88. The number of carbonyl (C=O) groups is 3. The van der Waals surface area contributed by atoms with Crippen LogP contribution in [0, 0.1) is 5.82 Å². The number of anilines is 1. The second-order valence-electron chi connectivity index (χ2n) is 13.7. The molecule has 0 spiro atoms. The standard InChI is InChI=1S/C39H35ClF3N7O5S/c1-54-37(52)32-31(45-34(35-44-14-18-56-35)46-33(32)29-12-5-24(41)19-30(29)40)22-47-16-17-48-26(20-47)21-49(38(48)53)25-6-10-28(11-7-25)55-27-8-3-23(4-9-27)36(51)50-15-2-13-39(50,42)43/h3-12,14,18-19,26,33H,2,13,15-17,20-22H2,1H3,(H,45,46)/t26-,33-/m0/s1. The predicted octanol–water partition coefficient (Wildman–Crippen LogP) is 6.70. The Labute approximate surface area is 328 Å². The molecule has 0 saturated carbocycles. The minimum atomic E-state index is -3.14. The van der Waals surface area contributed by atoms with Gasteiger partial charge in [-0.15, -0.1) is 11.3 Å². The normalized spacial score (nSPS) is 20.8. The Hall–Kier alpha value is -5.45. The van der Waals surface area contributed by atoms with Crippen molar-refractivity contribution in [3.05, 3.63) is 117 Å². The number of nitrogens with one attached hydrogen (secondary N) is 1. The second-order valence-corrected chi connectivity index (χ2v) is 15.0. The van der Waals surface area contributed by atoms with Gasteiger partial charge >= 0.3 is 18.0 Å². The third kappa shape index (κ3) is 7.31. The van der Waals surface area contributed by atoms with Crippen molar-refractivity contribution in [3.63, 3.8) is 0 Å². The van der Waals surface area contributed by atoms with Crippen LogP contribution in [0.25, 0.3) is 0 Å². The highest BCUT2D eigenvalue weighted by molar-refractivity contribution is 7.11. The molecule has 3 saturated heterocycles. The summed E-state index contributed by atoms with van der Waals surface area (Å²) in [7, 11) is 1.29. The van der Waals surface area contributed by atoms with Crippen LogP contribution in [0.4, 0.5) is 23.7 Å². The monoisotopic (exact) mass is 805 g/mol. The van der Waals surface area contributed by atoms with Crippen LogP contribution in [0.15, 0.2) is 94.6 Å². The molecule has 56 heavy (non-hydrogen) atoms. The number of hydrogen-bond donors (Lipinski definition) is 1. The predicted molar refractivity (Wildman–Crippen MR) is 203 cm³/mol. The second kappa shape index (κ2) is 15.2. The number of thiazole rings is 1. The summed E-state index contributed by atoms with van der Waals surface area (Å²) in [6, 6.07) is 12.8. The van der Waals surface area contributed by atoms with Crippen molar-refractivity contribution in [1.82, 2.24) is 25.0 Å². The number of halogens is 4. The van der Waals surface area contributed by atoms with Gasteiger partial charge in [0.1, 0.15) is 23.4 Å². The first kappa shape index (κ1) is 37.5. The molecule has 0 bridgehead atoms. The first-order valence-corrected chi connectivity index (χ1v) is 19.1. The minimum absolute atomic E-state index is 0.0156. The Bertz CT molecular complexity index is 2220. The van der Waals surface area contributed by atoms with E-state index in [4.69, 9.17) is 26.1 Å². The number of carbonyl (C=O) groups excluding carboxylic acids is 3. The zero-order valence-corrected chi connectivity index (χ0v) is 31.5. The number of rotatable bonds is 9. The molecular formula is C39H35ClF3N7O5S. The number of urea groups is 1. The number of ether oxygens (including phenoxy) is 2. The molecule has 0 radical (unpaired) electrons. The summed E-state index contributed by atoms with van der Waals surface area (Å²) in [5.74, 6) is -0.486. The van der Waals surface area contributed by atoms with E-state index < -0.39 is 29.8 Å². The Morgan fingerprint density at radius 2 is 1.77 bits per heavy atom. The summed E-state index contributed by atoms with van der Waals surface area (Å²) in [6.45, 7) is 2.24. The van der Waals surface area contributed by atoms with Crippen LogP contribution < -0.4 is 15.0 Å². The number of piperazine rings is 1. The molecule has 5 heterocycles. The minimum Gasteiger partial charge on any atom is -0.466 e. The van der Waals surface area contributed by atoms with Crippen LogP contribution in [0.3, 0.4) is 0 Å². The molecule has 3 fully saturated rings. The molecule has 3 amide bonds. The van der Waals surface area contributed by atoms with Gasteiger partial charge < -0.3 is 19.7 Å². The number of amidine groups is 1. The van der Waals surface area contributed by atoms with E-state index in [0.717, 1.165) is 0 Å². The first-order valence-electron chi connectivity index (χ1n) is 17.9. The number of benzene rings is 3. The van der Waals surface area contributed by atoms with E-state index in [9.17, 15) is 27.6 Å². The van der Waals surface area contributed by atoms with Crippen molar-refractivity contribution in [3.8, 4) is 11.5 Å². The first-order chi connectivity index (χ1) is 27.0. The quantitative estimate of drug-likeness (QED) is 0.147. The van der Waals surface area contributed by atoms with Crippen LogP contribution in [0.1, 0.15) is 39.8 Å². The SMILES string of the molecule is COC(=O)C1=C(CN2CCN3C(=O)N(c4ccc(Oc5ccc(C(=O)N6CCCC6(F)F)cc5)cc4)C[C@@H]3C2)NC(c2nccs2)=N[C@H]1c1ccc(F)cc1Cl. The largest absolute Gasteiger partial charge is 0.466 e. The lowest BCUT2D eigenvalue weighted by atomic mass is 9.95. The van der Waals surface area contributed by atoms with Gasteiger partial charge in [0.2, 0.25) is 0 Å². The topological polar surface area (TPSA) is 120 Å². The van der Waals surface area contributed by atoms with Gasteiger partial charge in [-0.25, -0.2) is 19.0 Å². The number of nitrogens with zero attached hydrogens (tertiary/aromatic N) is 6. The van der Waals surface area contributed by atoms with Crippen molar-refractivity contribution in [2.45, 2.75) is 31.0 Å². The van der Waals surface area contributed by atoms with Gasteiger partial charge in [0, 0.05) is 84.8 Å². The number of esters is 1. The van der Waals surface area contributed by atoms with Crippen LogP contribution in [-0.2, 0) is 9.53 Å². The van der Waals surface area contributed by atoms with Crippen molar-refractivity contribution < 1.29 is 37.0 Å². The van der Waals surface area contributed by atoms with Crippen molar-refractivity contribution >= 4 is 52.4 Å². The smallest absolute Gasteiger partial charge is 0.338 e. The Kier molecular flexibility index (Phi) is 10.2. The number of aliphatic imine (C=N–C) groups is 1. The summed E-state index contributed by atoms with van der Waals surface area (Å²) in [4.78, 5) is 55.2. The summed E-state index contributed by atoms with van der Waals surface area (Å²) in [5.41, 5.74) is 2.06. The maximum absolute atomic E-state index is 14.1. The van der Waals surface area contributed by atoms with Crippen LogP contribution in [0.5, 0.6) is 11.5 Å². The lowest BCUT2D eigenvalue weighted by Crippen LogP contribution is -2.53. The van der Waals surface area contributed by atoms with Crippen LogP contribution >= 0.6 is 22.9 Å². The van der Waals surface area contributed by atoms with Gasteiger partial charge in [0.15, 0.2) is 10.8 Å². The zero-order chi connectivity index (χ0) is 39.1. The molecule has 2 atom stereocenters. The lowest BCUT2D eigenvalue weighted by molar-refractivity contribution is -0.136. The van der Waals surface area contributed by atoms with E-state index in [0.29, 0.717) is 76.9 Å². The molecule has 4 aliphatic rings. The zero-order valence-electron chi connectivity index (χ0n) is 30.0. The van der Waals surface area contributed by atoms with Gasteiger partial charge in [0.05, 0.1) is 18.7 Å². The molecule has 290 valence electrons. The molecule has 4 aromatic rings. The number of aromatic nitrogens is 1. The van der Waals surface area contributed by atoms with E-state index in [1.165, 1.54) is 48.8 Å². The molecular weight excluding hydrogens is 771 g/mol. The Balaban J connectivity index is 0.950. The summed E-state index contributed by atoms with van der Waals surface area (Å²) in [6.07, 6.45) is 1.57. The van der Waals surface area contributed by atoms with Crippen molar-refractivity contribution in [2.75, 3.05) is 51.3 Å². The Morgan fingerprint density at radius 3 is 2.43 bits per heavy atom. The van der Waals surface area contributed by atoms with Crippen LogP contribution in [0.2, 0.25) is 5.02 Å². The maximum atomic E-state index is 14.1. The van der Waals surface area contributed by atoms with Crippen LogP contribution in [-0.4, -0.2) is 102 Å². The molecule has 1 N–H and O–H groups in total. The Morgan fingerprint density at radius 1 is 1.02 bits per heavy atom. The highest BCUT2D eigenvalue weighted by Crippen LogP contribution is 2.38. The number of hydrogen-bond acceptors (Lipinski definition) is 10. The molecule has 8 rings (SSSR count). The molecule has 1 aromatic heterocycles. The van der Waals surface area contributed by atoms with Crippen molar-refractivity contribution in [1.29, 1.82) is 0 Å². The number of methoxy groups -OCH3 is 1. The van der Waals surface area contributed by atoms with Gasteiger partial charge in [-0.05, 0) is 67.1 Å². The molecule has 4 aliphatic heterocycles. The fourth-order valence-corrected chi connectivity index (χ4v) is 8.33. The van der Waals surface area contributed by atoms with Gasteiger partial charge in [-0.2, -0.15) is 8.78 Å². The maximum Gasteiger partial charge on any atom is 0.338 e. The number of likely N-dealkylation sites (tertiary alicyclic amines) is 1.